The maximum atomic E-state index is 13.5. The Morgan fingerprint density at radius 1 is 1.14 bits per heavy atom. The van der Waals surface area contributed by atoms with E-state index in [-0.39, 0.29) is 16.1 Å². The molecular weight excluding hydrogens is 311 g/mol. The van der Waals surface area contributed by atoms with Gasteiger partial charge in [-0.3, -0.25) is 14.4 Å². The van der Waals surface area contributed by atoms with E-state index in [0.29, 0.717) is 0 Å². The average Bonchev–Trinajstić information content (AvgIpc) is 2.50. The largest absolute Gasteiger partial charge is 0.277 e. The van der Waals surface area contributed by atoms with E-state index in [1.165, 1.54) is 43.5 Å². The van der Waals surface area contributed by atoms with Crippen molar-refractivity contribution in [2.24, 2.45) is 0 Å². The number of carbonyl (C=O) groups is 1. The van der Waals surface area contributed by atoms with Crippen molar-refractivity contribution in [3.05, 3.63) is 59.9 Å². The zero-order chi connectivity index (χ0) is 16.2. The highest BCUT2D eigenvalue weighted by atomic mass is 32.2. The lowest BCUT2D eigenvalue weighted by Gasteiger charge is -2.10. The summed E-state index contributed by atoms with van der Waals surface area (Å²) in [4.78, 5) is 15.9. The molecule has 0 unspecified atom stereocenters. The van der Waals surface area contributed by atoms with Crippen molar-refractivity contribution in [2.45, 2.75) is 4.90 Å². The van der Waals surface area contributed by atoms with Crippen molar-refractivity contribution < 1.29 is 22.4 Å². The highest BCUT2D eigenvalue weighted by Crippen LogP contribution is 2.19. The summed E-state index contributed by atoms with van der Waals surface area (Å²) in [6.45, 7) is 0. The van der Waals surface area contributed by atoms with Gasteiger partial charge in [0.15, 0.2) is 0 Å². The summed E-state index contributed by atoms with van der Waals surface area (Å²) in [5.74, 6) is -1.29. The van der Waals surface area contributed by atoms with E-state index >= 15 is 0 Å². The molecular formula is C14H13FN2O4S. The number of halogens is 1. The lowest BCUT2D eigenvalue weighted by Crippen LogP contribution is -2.22. The first-order valence-electron chi connectivity index (χ1n) is 6.15. The number of rotatable bonds is 5. The molecule has 0 aromatic heterocycles. The third kappa shape index (κ3) is 3.60. The first-order valence-corrected chi connectivity index (χ1v) is 7.63. The zero-order valence-electron chi connectivity index (χ0n) is 11.5. The molecule has 2 rings (SSSR count). The fourth-order valence-electron chi connectivity index (χ4n) is 1.70. The van der Waals surface area contributed by atoms with Crippen LogP contribution in [0.15, 0.2) is 53.4 Å². The molecule has 0 atom stereocenters. The highest BCUT2D eigenvalue weighted by molar-refractivity contribution is 7.92. The molecule has 2 aromatic carbocycles. The van der Waals surface area contributed by atoms with Crippen molar-refractivity contribution in [2.75, 3.05) is 11.8 Å². The van der Waals surface area contributed by atoms with Gasteiger partial charge in [-0.1, -0.05) is 18.2 Å². The predicted octanol–water partition coefficient (Wildman–Crippen LogP) is 1.92. The van der Waals surface area contributed by atoms with E-state index in [2.05, 4.69) is 15.0 Å². The average molecular weight is 324 g/mol. The van der Waals surface area contributed by atoms with E-state index in [9.17, 15) is 17.6 Å². The van der Waals surface area contributed by atoms with Crippen LogP contribution in [0.1, 0.15) is 10.4 Å². The summed E-state index contributed by atoms with van der Waals surface area (Å²) in [5.41, 5.74) is 2.01. The van der Waals surface area contributed by atoms with Gasteiger partial charge in [-0.15, -0.1) is 0 Å². The van der Waals surface area contributed by atoms with Crippen LogP contribution in [0.25, 0.3) is 0 Å². The van der Waals surface area contributed by atoms with Crippen LogP contribution in [0.2, 0.25) is 0 Å². The number of hydroxylamine groups is 1. The minimum atomic E-state index is -4.02. The number of benzene rings is 2. The summed E-state index contributed by atoms with van der Waals surface area (Å²) in [5, 5.41) is 0. The SMILES string of the molecule is CONC(=O)c1cccc(S(=O)(=O)Nc2ccccc2F)c1. The second kappa shape index (κ2) is 6.54. The molecule has 0 bridgehead atoms. The summed E-state index contributed by atoms with van der Waals surface area (Å²) < 4.78 is 40.2. The highest BCUT2D eigenvalue weighted by Gasteiger charge is 2.18. The second-order valence-electron chi connectivity index (χ2n) is 4.25. The number of hydrogen-bond donors (Lipinski definition) is 2. The summed E-state index contributed by atoms with van der Waals surface area (Å²) >= 11 is 0. The normalized spacial score (nSPS) is 11.0. The summed E-state index contributed by atoms with van der Waals surface area (Å²) in [6, 6.07) is 10.7. The van der Waals surface area contributed by atoms with Gasteiger partial charge in [-0.25, -0.2) is 18.3 Å². The van der Waals surface area contributed by atoms with Crippen LogP contribution in [-0.4, -0.2) is 21.4 Å². The summed E-state index contributed by atoms with van der Waals surface area (Å²) in [7, 11) is -2.76. The van der Waals surface area contributed by atoms with Crippen molar-refractivity contribution in [1.82, 2.24) is 5.48 Å². The molecule has 0 heterocycles. The fraction of sp³-hybridized carbons (Fsp3) is 0.0714. The van der Waals surface area contributed by atoms with Crippen molar-refractivity contribution in [1.29, 1.82) is 0 Å². The minimum Gasteiger partial charge on any atom is -0.277 e. The molecule has 0 aliphatic heterocycles. The van der Waals surface area contributed by atoms with Gasteiger partial charge in [0.25, 0.3) is 15.9 Å². The van der Waals surface area contributed by atoms with E-state index < -0.39 is 21.7 Å². The Morgan fingerprint density at radius 3 is 2.55 bits per heavy atom. The molecule has 22 heavy (non-hydrogen) atoms. The van der Waals surface area contributed by atoms with Gasteiger partial charge in [0.1, 0.15) is 5.82 Å². The lowest BCUT2D eigenvalue weighted by atomic mass is 10.2. The van der Waals surface area contributed by atoms with Crippen LogP contribution in [0.5, 0.6) is 0 Å². The molecule has 0 aliphatic carbocycles. The maximum Gasteiger partial charge on any atom is 0.274 e. The standard InChI is InChI=1S/C14H13FN2O4S/c1-21-16-14(18)10-5-4-6-11(9-10)22(19,20)17-13-8-3-2-7-12(13)15/h2-9,17H,1H3,(H,16,18). The number of anilines is 1. The van der Waals surface area contributed by atoms with Gasteiger partial charge in [0.2, 0.25) is 0 Å². The molecule has 6 nitrogen and oxygen atoms in total. The monoisotopic (exact) mass is 324 g/mol. The van der Waals surface area contributed by atoms with E-state index in [1.54, 1.807) is 0 Å². The van der Waals surface area contributed by atoms with Gasteiger partial charge in [0.05, 0.1) is 17.7 Å². The topological polar surface area (TPSA) is 84.5 Å². The zero-order valence-corrected chi connectivity index (χ0v) is 12.4. The quantitative estimate of drug-likeness (QED) is 0.823. The lowest BCUT2D eigenvalue weighted by molar-refractivity contribution is 0.0537. The summed E-state index contributed by atoms with van der Waals surface area (Å²) in [6.07, 6.45) is 0. The molecule has 2 aromatic rings. The smallest absolute Gasteiger partial charge is 0.274 e. The van der Waals surface area contributed by atoms with Crippen LogP contribution in [-0.2, 0) is 14.9 Å². The molecule has 2 N–H and O–H groups in total. The molecule has 1 amide bonds. The van der Waals surface area contributed by atoms with Crippen molar-refractivity contribution in [3.8, 4) is 0 Å². The Bertz CT molecular complexity index is 793. The molecule has 8 heteroatoms. The van der Waals surface area contributed by atoms with Gasteiger partial charge in [0, 0.05) is 5.56 Å². The third-order valence-electron chi connectivity index (χ3n) is 2.72. The van der Waals surface area contributed by atoms with Crippen LogP contribution in [0, 0.1) is 5.82 Å². The van der Waals surface area contributed by atoms with Crippen molar-refractivity contribution >= 4 is 21.6 Å². The number of nitrogens with one attached hydrogen (secondary N) is 2. The second-order valence-corrected chi connectivity index (χ2v) is 5.93. The molecule has 0 saturated heterocycles. The molecule has 0 aliphatic rings. The van der Waals surface area contributed by atoms with Crippen LogP contribution in [0.4, 0.5) is 10.1 Å². The molecule has 0 fully saturated rings. The molecule has 0 saturated carbocycles. The fourth-order valence-corrected chi connectivity index (χ4v) is 2.82. The number of carbonyl (C=O) groups excluding carboxylic acids is 1. The van der Waals surface area contributed by atoms with E-state index in [1.807, 2.05) is 0 Å². The van der Waals surface area contributed by atoms with E-state index in [0.717, 1.165) is 12.1 Å². The predicted molar refractivity (Wildman–Crippen MR) is 78.1 cm³/mol. The Balaban J connectivity index is 2.32. The number of amides is 1. The number of para-hydroxylation sites is 1. The van der Waals surface area contributed by atoms with E-state index in [4.69, 9.17) is 0 Å². The Kier molecular flexibility index (Phi) is 4.74. The third-order valence-corrected chi connectivity index (χ3v) is 4.08. The molecule has 116 valence electrons. The number of sulfonamides is 1. The molecule has 0 spiro atoms. The first-order chi connectivity index (χ1) is 10.4. The van der Waals surface area contributed by atoms with Crippen LogP contribution >= 0.6 is 0 Å². The number of hydrogen-bond acceptors (Lipinski definition) is 4. The molecule has 0 radical (unpaired) electrons. The Labute approximate surface area is 126 Å². The van der Waals surface area contributed by atoms with Gasteiger partial charge < -0.3 is 0 Å². The first kappa shape index (κ1) is 15.9. The van der Waals surface area contributed by atoms with Crippen LogP contribution in [0.3, 0.4) is 0 Å². The minimum absolute atomic E-state index is 0.0956. The van der Waals surface area contributed by atoms with Gasteiger partial charge >= 0.3 is 0 Å². The Morgan fingerprint density at radius 2 is 1.86 bits per heavy atom. The van der Waals surface area contributed by atoms with Gasteiger partial charge in [-0.2, -0.15) is 0 Å². The van der Waals surface area contributed by atoms with Crippen LogP contribution < -0.4 is 10.2 Å². The Hall–Kier alpha value is -2.45. The van der Waals surface area contributed by atoms with Crippen molar-refractivity contribution in [3.63, 3.8) is 0 Å². The van der Waals surface area contributed by atoms with Gasteiger partial charge in [-0.05, 0) is 30.3 Å². The maximum absolute atomic E-state index is 13.5.